The topological polar surface area (TPSA) is 32.3 Å². The van der Waals surface area contributed by atoms with Crippen molar-refractivity contribution in [3.63, 3.8) is 0 Å². The Labute approximate surface area is 90.0 Å². The quantitative estimate of drug-likeness (QED) is 0.761. The van der Waals surface area contributed by atoms with Gasteiger partial charge in [-0.15, -0.1) is 11.3 Å². The molecule has 0 aromatic carbocycles. The molecule has 0 aliphatic heterocycles. The first kappa shape index (κ1) is 11.7. The van der Waals surface area contributed by atoms with Crippen LogP contribution in [-0.4, -0.2) is 17.8 Å². The molecule has 0 fully saturated rings. The van der Waals surface area contributed by atoms with Gasteiger partial charge in [0.2, 0.25) is 0 Å². The second kappa shape index (κ2) is 6.17. The second-order valence-electron chi connectivity index (χ2n) is 3.45. The summed E-state index contributed by atoms with van der Waals surface area (Å²) in [7, 11) is 0. The van der Waals surface area contributed by atoms with Gasteiger partial charge in [-0.05, 0) is 24.3 Å². The lowest BCUT2D eigenvalue weighted by Crippen LogP contribution is -2.29. The molecule has 0 spiro atoms. The normalized spacial score (nSPS) is 15.4. The zero-order valence-electron chi connectivity index (χ0n) is 8.86. The van der Waals surface area contributed by atoms with E-state index in [-0.39, 0.29) is 6.10 Å². The predicted molar refractivity (Wildman–Crippen MR) is 61.7 cm³/mol. The van der Waals surface area contributed by atoms with Crippen LogP contribution in [-0.2, 0) is 0 Å². The summed E-state index contributed by atoms with van der Waals surface area (Å²) in [6, 6.07) is 4.61. The number of nitrogens with one attached hydrogen (secondary N) is 1. The molecule has 2 nitrogen and oxygen atoms in total. The van der Waals surface area contributed by atoms with Crippen molar-refractivity contribution in [3.05, 3.63) is 22.4 Å². The number of aliphatic hydroxyl groups is 1. The maximum absolute atomic E-state index is 9.44. The summed E-state index contributed by atoms with van der Waals surface area (Å²) < 4.78 is 0. The van der Waals surface area contributed by atoms with Crippen molar-refractivity contribution >= 4 is 11.3 Å². The number of rotatable bonds is 6. The smallest absolute Gasteiger partial charge is 0.0662 e. The van der Waals surface area contributed by atoms with Gasteiger partial charge in [0.1, 0.15) is 0 Å². The average Bonchev–Trinajstić information content (AvgIpc) is 2.72. The van der Waals surface area contributed by atoms with Crippen LogP contribution in [0.3, 0.4) is 0 Å². The maximum Gasteiger partial charge on any atom is 0.0662 e. The second-order valence-corrected chi connectivity index (χ2v) is 4.43. The van der Waals surface area contributed by atoms with E-state index in [1.165, 1.54) is 4.88 Å². The minimum atomic E-state index is -0.219. The van der Waals surface area contributed by atoms with E-state index in [0.29, 0.717) is 12.6 Å². The van der Waals surface area contributed by atoms with E-state index in [1.54, 1.807) is 11.3 Å². The van der Waals surface area contributed by atoms with Crippen LogP contribution in [0.25, 0.3) is 0 Å². The first-order valence-electron chi connectivity index (χ1n) is 5.22. The zero-order chi connectivity index (χ0) is 10.4. The Morgan fingerprint density at radius 3 is 2.71 bits per heavy atom. The van der Waals surface area contributed by atoms with Gasteiger partial charge in [-0.25, -0.2) is 0 Å². The van der Waals surface area contributed by atoms with Crippen LogP contribution in [0.2, 0.25) is 0 Å². The highest BCUT2D eigenvalue weighted by atomic mass is 32.1. The number of thiophene rings is 1. The summed E-state index contributed by atoms with van der Waals surface area (Å²) in [6.07, 6.45) is 1.66. The predicted octanol–water partition coefficient (Wildman–Crippen LogP) is 2.56. The van der Waals surface area contributed by atoms with Crippen molar-refractivity contribution in [2.24, 2.45) is 0 Å². The molecule has 0 radical (unpaired) electrons. The standard InChI is InChI=1S/C11H19NOS/c1-3-9(13)8-12-10(4-2)11-6-5-7-14-11/h5-7,9-10,12-13H,3-4,8H2,1-2H3. The van der Waals surface area contributed by atoms with Gasteiger partial charge < -0.3 is 10.4 Å². The molecule has 3 heteroatoms. The molecule has 0 aliphatic rings. The molecule has 2 atom stereocenters. The Morgan fingerprint density at radius 2 is 2.21 bits per heavy atom. The fourth-order valence-electron chi connectivity index (χ4n) is 1.36. The Kier molecular flexibility index (Phi) is 5.15. The van der Waals surface area contributed by atoms with E-state index in [4.69, 9.17) is 0 Å². The molecular weight excluding hydrogens is 194 g/mol. The lowest BCUT2D eigenvalue weighted by molar-refractivity contribution is 0.162. The summed E-state index contributed by atoms with van der Waals surface area (Å²) in [4.78, 5) is 1.36. The lowest BCUT2D eigenvalue weighted by atomic mass is 10.1. The third kappa shape index (κ3) is 3.40. The van der Waals surface area contributed by atoms with E-state index >= 15 is 0 Å². The molecule has 2 N–H and O–H groups in total. The molecule has 0 bridgehead atoms. The van der Waals surface area contributed by atoms with Crippen LogP contribution in [0.15, 0.2) is 17.5 Å². The summed E-state index contributed by atoms with van der Waals surface area (Å²) in [5.74, 6) is 0. The minimum absolute atomic E-state index is 0.219. The van der Waals surface area contributed by atoms with Gasteiger partial charge in [-0.1, -0.05) is 19.9 Å². The molecule has 1 rings (SSSR count). The highest BCUT2D eigenvalue weighted by Crippen LogP contribution is 2.21. The maximum atomic E-state index is 9.44. The molecular formula is C11H19NOS. The van der Waals surface area contributed by atoms with Crippen LogP contribution in [0.4, 0.5) is 0 Å². The van der Waals surface area contributed by atoms with Crippen LogP contribution >= 0.6 is 11.3 Å². The molecule has 0 amide bonds. The zero-order valence-corrected chi connectivity index (χ0v) is 9.68. The summed E-state index contributed by atoms with van der Waals surface area (Å²) in [5, 5.41) is 14.9. The Hall–Kier alpha value is -0.380. The summed E-state index contributed by atoms with van der Waals surface area (Å²) in [6.45, 7) is 4.85. The first-order chi connectivity index (χ1) is 6.77. The van der Waals surface area contributed by atoms with Gasteiger partial charge in [0, 0.05) is 17.5 Å². The average molecular weight is 213 g/mol. The number of aliphatic hydroxyl groups excluding tert-OH is 1. The van der Waals surface area contributed by atoms with E-state index < -0.39 is 0 Å². The molecule has 80 valence electrons. The molecule has 2 unspecified atom stereocenters. The highest BCUT2D eigenvalue weighted by Gasteiger charge is 2.10. The SMILES string of the molecule is CCC(O)CNC(CC)c1cccs1. The van der Waals surface area contributed by atoms with Crippen molar-refractivity contribution in [3.8, 4) is 0 Å². The molecule has 1 heterocycles. The summed E-state index contributed by atoms with van der Waals surface area (Å²) >= 11 is 1.77. The Balaban J connectivity index is 2.40. The van der Waals surface area contributed by atoms with Crippen LogP contribution in [0.1, 0.15) is 37.6 Å². The third-order valence-electron chi connectivity index (χ3n) is 2.37. The minimum Gasteiger partial charge on any atom is -0.392 e. The van der Waals surface area contributed by atoms with Gasteiger partial charge in [0.25, 0.3) is 0 Å². The Bertz CT molecular complexity index is 235. The van der Waals surface area contributed by atoms with Gasteiger partial charge >= 0.3 is 0 Å². The van der Waals surface area contributed by atoms with Crippen molar-refractivity contribution in [1.82, 2.24) is 5.32 Å². The van der Waals surface area contributed by atoms with Gasteiger partial charge in [0.15, 0.2) is 0 Å². The molecule has 0 saturated heterocycles. The van der Waals surface area contributed by atoms with Crippen molar-refractivity contribution in [2.45, 2.75) is 38.8 Å². The Morgan fingerprint density at radius 1 is 1.43 bits per heavy atom. The highest BCUT2D eigenvalue weighted by molar-refractivity contribution is 7.10. The monoisotopic (exact) mass is 213 g/mol. The molecule has 1 aromatic heterocycles. The van der Waals surface area contributed by atoms with E-state index in [0.717, 1.165) is 12.8 Å². The lowest BCUT2D eigenvalue weighted by Gasteiger charge is -2.17. The molecule has 0 aliphatic carbocycles. The van der Waals surface area contributed by atoms with Gasteiger partial charge in [-0.2, -0.15) is 0 Å². The number of hydrogen-bond donors (Lipinski definition) is 2. The van der Waals surface area contributed by atoms with Crippen molar-refractivity contribution in [1.29, 1.82) is 0 Å². The van der Waals surface area contributed by atoms with Crippen molar-refractivity contribution in [2.75, 3.05) is 6.54 Å². The van der Waals surface area contributed by atoms with E-state index in [9.17, 15) is 5.11 Å². The van der Waals surface area contributed by atoms with Crippen molar-refractivity contribution < 1.29 is 5.11 Å². The molecule has 14 heavy (non-hydrogen) atoms. The van der Waals surface area contributed by atoms with Gasteiger partial charge in [-0.3, -0.25) is 0 Å². The van der Waals surface area contributed by atoms with E-state index in [2.05, 4.69) is 29.8 Å². The largest absolute Gasteiger partial charge is 0.392 e. The fraction of sp³-hybridized carbons (Fsp3) is 0.636. The first-order valence-corrected chi connectivity index (χ1v) is 6.10. The van der Waals surface area contributed by atoms with Crippen LogP contribution in [0, 0.1) is 0 Å². The van der Waals surface area contributed by atoms with Gasteiger partial charge in [0.05, 0.1) is 6.10 Å². The fourth-order valence-corrected chi connectivity index (χ4v) is 2.24. The van der Waals surface area contributed by atoms with Crippen LogP contribution in [0.5, 0.6) is 0 Å². The summed E-state index contributed by atoms with van der Waals surface area (Å²) in [5.41, 5.74) is 0. The van der Waals surface area contributed by atoms with Crippen LogP contribution < -0.4 is 5.32 Å². The third-order valence-corrected chi connectivity index (χ3v) is 3.35. The molecule has 1 aromatic rings. The number of hydrogen-bond acceptors (Lipinski definition) is 3. The van der Waals surface area contributed by atoms with E-state index in [1.807, 2.05) is 6.92 Å². The molecule has 0 saturated carbocycles.